The van der Waals surface area contributed by atoms with Gasteiger partial charge in [-0.2, -0.15) is 0 Å². The van der Waals surface area contributed by atoms with Crippen LogP contribution in [0.2, 0.25) is 0 Å². The summed E-state index contributed by atoms with van der Waals surface area (Å²) in [7, 11) is 0. The molecule has 1 atom stereocenters. The molecule has 1 fully saturated rings. The molecule has 19 heavy (non-hydrogen) atoms. The average molecular weight is 393 g/mol. The molecule has 1 saturated carbocycles. The molecule has 0 spiro atoms. The Bertz CT molecular complexity index is 632. The van der Waals surface area contributed by atoms with Gasteiger partial charge in [0.15, 0.2) is 0 Å². The molecule has 1 aliphatic carbocycles. The molecule has 0 amide bonds. The van der Waals surface area contributed by atoms with Crippen LogP contribution in [0.4, 0.5) is 4.39 Å². The fourth-order valence-electron chi connectivity index (χ4n) is 2.84. The van der Waals surface area contributed by atoms with Crippen LogP contribution in [-0.4, -0.2) is 9.55 Å². The third-order valence-electron chi connectivity index (χ3n) is 3.83. The molecule has 2 nitrogen and oxygen atoms in total. The second-order valence-electron chi connectivity index (χ2n) is 5.44. The van der Waals surface area contributed by atoms with Gasteiger partial charge in [0.2, 0.25) is 0 Å². The Balaban J connectivity index is 2.20. The van der Waals surface area contributed by atoms with E-state index in [1.807, 2.05) is 29.5 Å². The third-order valence-corrected chi connectivity index (χ3v) is 4.85. The van der Waals surface area contributed by atoms with Crippen molar-refractivity contribution in [3.05, 3.63) is 27.3 Å². The van der Waals surface area contributed by atoms with Gasteiger partial charge in [0.1, 0.15) is 11.6 Å². The van der Waals surface area contributed by atoms with E-state index in [9.17, 15) is 4.39 Å². The number of hydrogen-bond acceptors (Lipinski definition) is 1. The first-order valence-electron chi connectivity index (χ1n) is 6.48. The van der Waals surface area contributed by atoms with Crippen LogP contribution in [0.3, 0.4) is 0 Å². The van der Waals surface area contributed by atoms with E-state index in [1.54, 1.807) is 12.1 Å². The van der Waals surface area contributed by atoms with Crippen LogP contribution in [0.15, 0.2) is 12.1 Å². The molecule has 3 rings (SSSR count). The predicted molar refractivity (Wildman–Crippen MR) is 84.1 cm³/mol. The number of benzene rings is 1. The monoisotopic (exact) mass is 392 g/mol. The van der Waals surface area contributed by atoms with Crippen LogP contribution < -0.4 is 0 Å². The molecule has 0 saturated heterocycles. The maximum absolute atomic E-state index is 13.8. The Morgan fingerprint density at radius 2 is 2.16 bits per heavy atom. The van der Waals surface area contributed by atoms with Gasteiger partial charge >= 0.3 is 0 Å². The minimum atomic E-state index is -0.185. The molecular formula is C14H15ClFIN2. The topological polar surface area (TPSA) is 17.8 Å². The fourth-order valence-corrected chi connectivity index (χ4v) is 3.45. The smallest absolute Gasteiger partial charge is 0.138 e. The lowest BCUT2D eigenvalue weighted by Gasteiger charge is -2.35. The van der Waals surface area contributed by atoms with Crippen molar-refractivity contribution in [2.75, 3.05) is 0 Å². The zero-order valence-corrected chi connectivity index (χ0v) is 13.7. The lowest BCUT2D eigenvalue weighted by molar-refractivity contribution is 0.216. The number of rotatable bonds is 2. The van der Waals surface area contributed by atoms with Crippen molar-refractivity contribution >= 4 is 45.2 Å². The highest BCUT2D eigenvalue weighted by atomic mass is 127. The number of hydrogen-bond donors (Lipinski definition) is 0. The standard InChI is InChI=1S/C14H15ClFIN2/c1-7-3-9(4-7)19-13-5-10(16)11(17)6-12(13)18-14(19)8(2)15/h5-9H,3-4H2,1-2H3. The highest BCUT2D eigenvalue weighted by Gasteiger charge is 2.31. The molecule has 5 heteroatoms. The molecule has 0 bridgehead atoms. The van der Waals surface area contributed by atoms with Crippen LogP contribution in [0.25, 0.3) is 11.0 Å². The van der Waals surface area contributed by atoms with Gasteiger partial charge < -0.3 is 4.57 Å². The lowest BCUT2D eigenvalue weighted by Crippen LogP contribution is -2.26. The number of nitrogens with zero attached hydrogens (tertiary/aromatic N) is 2. The first-order chi connectivity index (χ1) is 8.97. The molecule has 1 aromatic heterocycles. The Kier molecular flexibility index (Phi) is 3.50. The van der Waals surface area contributed by atoms with Crippen molar-refractivity contribution in [3.63, 3.8) is 0 Å². The minimum Gasteiger partial charge on any atom is -0.324 e. The Hall–Kier alpha value is -0.360. The molecule has 1 aromatic carbocycles. The van der Waals surface area contributed by atoms with Gasteiger partial charge in [-0.3, -0.25) is 0 Å². The van der Waals surface area contributed by atoms with Gasteiger partial charge in [-0.15, -0.1) is 11.6 Å². The molecule has 2 aromatic rings. The van der Waals surface area contributed by atoms with E-state index in [2.05, 4.69) is 16.5 Å². The number of fused-ring (bicyclic) bond motifs is 1. The summed E-state index contributed by atoms with van der Waals surface area (Å²) in [5, 5.41) is -0.163. The van der Waals surface area contributed by atoms with Crippen LogP contribution >= 0.6 is 34.2 Å². The van der Waals surface area contributed by atoms with Gasteiger partial charge in [0.25, 0.3) is 0 Å². The van der Waals surface area contributed by atoms with Crippen LogP contribution in [-0.2, 0) is 0 Å². The summed E-state index contributed by atoms with van der Waals surface area (Å²) in [4.78, 5) is 4.60. The van der Waals surface area contributed by atoms with E-state index in [-0.39, 0.29) is 11.2 Å². The minimum absolute atomic E-state index is 0.163. The highest BCUT2D eigenvalue weighted by molar-refractivity contribution is 14.1. The summed E-state index contributed by atoms with van der Waals surface area (Å²) in [6.45, 7) is 4.16. The van der Waals surface area contributed by atoms with Crippen molar-refractivity contribution in [1.29, 1.82) is 0 Å². The summed E-state index contributed by atoms with van der Waals surface area (Å²) in [6.07, 6.45) is 2.24. The lowest BCUT2D eigenvalue weighted by atomic mass is 9.81. The van der Waals surface area contributed by atoms with E-state index in [4.69, 9.17) is 11.6 Å². The molecular weight excluding hydrogens is 378 g/mol. The van der Waals surface area contributed by atoms with Crippen molar-refractivity contribution in [2.24, 2.45) is 5.92 Å². The van der Waals surface area contributed by atoms with Gasteiger partial charge in [-0.1, -0.05) is 6.92 Å². The van der Waals surface area contributed by atoms with Gasteiger partial charge in [-0.05, 0) is 54.3 Å². The first kappa shape index (κ1) is 13.6. The second-order valence-corrected chi connectivity index (χ2v) is 7.26. The van der Waals surface area contributed by atoms with Crippen molar-refractivity contribution in [2.45, 2.75) is 38.1 Å². The van der Waals surface area contributed by atoms with Crippen molar-refractivity contribution < 1.29 is 4.39 Å². The highest BCUT2D eigenvalue weighted by Crippen LogP contribution is 2.41. The zero-order chi connectivity index (χ0) is 13.7. The van der Waals surface area contributed by atoms with E-state index in [0.29, 0.717) is 9.61 Å². The van der Waals surface area contributed by atoms with E-state index in [0.717, 1.165) is 35.6 Å². The molecule has 102 valence electrons. The molecule has 1 aliphatic rings. The summed E-state index contributed by atoms with van der Waals surface area (Å²) in [5.74, 6) is 1.40. The maximum Gasteiger partial charge on any atom is 0.138 e. The second kappa shape index (κ2) is 4.88. The van der Waals surface area contributed by atoms with E-state index >= 15 is 0 Å². The number of imidazole rings is 1. The quantitative estimate of drug-likeness (QED) is 0.516. The Morgan fingerprint density at radius 3 is 2.74 bits per heavy atom. The summed E-state index contributed by atoms with van der Waals surface area (Å²) in [5.41, 5.74) is 1.71. The number of alkyl halides is 1. The summed E-state index contributed by atoms with van der Waals surface area (Å²) in [6, 6.07) is 3.80. The number of aromatic nitrogens is 2. The summed E-state index contributed by atoms with van der Waals surface area (Å²) < 4.78 is 16.6. The van der Waals surface area contributed by atoms with Gasteiger partial charge in [0, 0.05) is 12.1 Å². The van der Waals surface area contributed by atoms with Gasteiger partial charge in [-0.25, -0.2) is 9.37 Å². The largest absolute Gasteiger partial charge is 0.324 e. The van der Waals surface area contributed by atoms with Crippen LogP contribution in [0.1, 0.15) is 43.9 Å². The Labute approximate surface area is 130 Å². The normalized spacial score (nSPS) is 24.5. The molecule has 0 aliphatic heterocycles. The van der Waals surface area contributed by atoms with Crippen molar-refractivity contribution in [3.8, 4) is 0 Å². The third kappa shape index (κ3) is 2.27. The Morgan fingerprint density at radius 1 is 1.47 bits per heavy atom. The van der Waals surface area contributed by atoms with E-state index < -0.39 is 0 Å². The molecule has 1 heterocycles. The fraction of sp³-hybridized carbons (Fsp3) is 0.500. The van der Waals surface area contributed by atoms with Crippen molar-refractivity contribution in [1.82, 2.24) is 9.55 Å². The SMILES string of the molecule is CC1CC(n2c(C(C)Cl)nc3cc(I)c(F)cc32)C1. The first-order valence-corrected chi connectivity index (χ1v) is 8.00. The summed E-state index contributed by atoms with van der Waals surface area (Å²) >= 11 is 8.24. The zero-order valence-electron chi connectivity index (χ0n) is 10.8. The number of halogens is 3. The maximum atomic E-state index is 13.8. The van der Waals surface area contributed by atoms with Crippen LogP contribution in [0, 0.1) is 15.3 Å². The van der Waals surface area contributed by atoms with E-state index in [1.165, 1.54) is 0 Å². The predicted octanol–water partition coefficient (Wildman–Crippen LogP) is 5.05. The molecule has 0 radical (unpaired) electrons. The van der Waals surface area contributed by atoms with Crippen LogP contribution in [0.5, 0.6) is 0 Å². The molecule has 1 unspecified atom stereocenters. The average Bonchev–Trinajstić information content (AvgIpc) is 2.64. The molecule has 0 N–H and O–H groups in total. The van der Waals surface area contributed by atoms with Gasteiger partial charge in [0.05, 0.1) is 20.0 Å².